The van der Waals surface area contributed by atoms with Crippen LogP contribution in [0.4, 0.5) is 20.2 Å². The minimum atomic E-state index is -1.01. The second kappa shape index (κ2) is 7.34. The molecule has 26 heavy (non-hydrogen) atoms. The average molecular weight is 364 g/mol. The molecule has 9 heteroatoms. The van der Waals surface area contributed by atoms with Crippen molar-refractivity contribution in [2.75, 3.05) is 0 Å². The molecule has 0 bridgehead atoms. The fraction of sp³-hybridized carbons (Fsp3) is 0.235. The summed E-state index contributed by atoms with van der Waals surface area (Å²) in [6.07, 6.45) is 0. The van der Waals surface area contributed by atoms with E-state index < -0.39 is 50.5 Å². The minimum Gasteiger partial charge on any atom is -0.298 e. The van der Waals surface area contributed by atoms with E-state index in [9.17, 15) is 33.8 Å². The van der Waals surface area contributed by atoms with Crippen LogP contribution in [-0.2, 0) is 4.79 Å². The van der Waals surface area contributed by atoms with Crippen molar-refractivity contribution in [3.63, 3.8) is 0 Å². The average Bonchev–Trinajstić information content (AvgIpc) is 2.60. The number of halogens is 2. The summed E-state index contributed by atoms with van der Waals surface area (Å²) in [5.74, 6) is -4.07. The molecule has 0 aliphatic heterocycles. The van der Waals surface area contributed by atoms with Gasteiger partial charge in [-0.3, -0.25) is 25.0 Å². The Morgan fingerprint density at radius 3 is 1.50 bits per heavy atom. The van der Waals surface area contributed by atoms with Crippen molar-refractivity contribution in [2.45, 2.75) is 25.7 Å². The van der Waals surface area contributed by atoms with Crippen molar-refractivity contribution in [2.24, 2.45) is 0 Å². The van der Waals surface area contributed by atoms with E-state index >= 15 is 0 Å². The number of benzene rings is 2. The summed E-state index contributed by atoms with van der Waals surface area (Å²) in [5.41, 5.74) is -1.00. The number of Topliss-reactive ketones (excluding diaryl/α,β-unsaturated/α-hetero) is 1. The molecule has 2 aromatic rings. The first-order chi connectivity index (χ1) is 12.1. The lowest BCUT2D eigenvalue weighted by atomic mass is 9.85. The van der Waals surface area contributed by atoms with Crippen LogP contribution in [0.1, 0.15) is 36.8 Å². The summed E-state index contributed by atoms with van der Waals surface area (Å²) >= 11 is 0. The first-order valence-electron chi connectivity index (χ1n) is 7.55. The van der Waals surface area contributed by atoms with Crippen LogP contribution in [0.3, 0.4) is 0 Å². The van der Waals surface area contributed by atoms with Gasteiger partial charge in [-0.15, -0.1) is 0 Å². The molecule has 0 saturated carbocycles. The van der Waals surface area contributed by atoms with Crippen LogP contribution >= 0.6 is 0 Å². The van der Waals surface area contributed by atoms with Gasteiger partial charge in [0.15, 0.2) is 0 Å². The van der Waals surface area contributed by atoms with Crippen molar-refractivity contribution < 1.29 is 23.4 Å². The van der Waals surface area contributed by atoms with Gasteiger partial charge in [0.2, 0.25) is 11.6 Å². The Hall–Kier alpha value is -3.23. The third-order valence-corrected chi connectivity index (χ3v) is 4.19. The van der Waals surface area contributed by atoms with E-state index in [0.29, 0.717) is 0 Å². The van der Waals surface area contributed by atoms with Crippen molar-refractivity contribution in [1.29, 1.82) is 0 Å². The normalized spacial score (nSPS) is 13.1. The van der Waals surface area contributed by atoms with E-state index in [1.807, 2.05) is 0 Å². The predicted molar refractivity (Wildman–Crippen MR) is 87.9 cm³/mol. The zero-order chi connectivity index (χ0) is 19.6. The second-order valence-corrected chi connectivity index (χ2v) is 5.78. The molecule has 2 unspecified atom stereocenters. The summed E-state index contributed by atoms with van der Waals surface area (Å²) in [5, 5.41) is 21.7. The van der Waals surface area contributed by atoms with Crippen LogP contribution in [-0.4, -0.2) is 15.6 Å². The molecule has 0 fully saturated rings. The largest absolute Gasteiger partial charge is 0.305 e. The Bertz CT molecular complexity index is 829. The van der Waals surface area contributed by atoms with Gasteiger partial charge in [0.25, 0.3) is 0 Å². The quantitative estimate of drug-likeness (QED) is 0.563. The van der Waals surface area contributed by atoms with Gasteiger partial charge in [0, 0.05) is 24.0 Å². The number of nitrogens with zero attached hydrogens (tertiary/aromatic N) is 2. The number of hydrogen-bond donors (Lipinski definition) is 0. The number of nitro benzene ring substituents is 2. The summed E-state index contributed by atoms with van der Waals surface area (Å²) in [6.45, 7) is 2.99. The number of carbonyl (C=O) groups excluding carboxylic acids is 1. The molecule has 0 heterocycles. The van der Waals surface area contributed by atoms with Crippen molar-refractivity contribution >= 4 is 17.2 Å². The highest BCUT2D eigenvalue weighted by Crippen LogP contribution is 2.31. The topological polar surface area (TPSA) is 103 Å². The number of ketones is 1. The lowest BCUT2D eigenvalue weighted by Gasteiger charge is -2.17. The molecule has 2 rings (SSSR count). The van der Waals surface area contributed by atoms with Crippen LogP contribution in [0.15, 0.2) is 36.4 Å². The highest BCUT2D eigenvalue weighted by atomic mass is 19.1. The SMILES string of the molecule is CC(C(=O)C(C)c1ccc(F)c([N+](=O)[O-])c1)c1ccc(F)c([N+](=O)[O-])c1. The molecule has 0 amide bonds. The third-order valence-electron chi connectivity index (χ3n) is 4.19. The van der Waals surface area contributed by atoms with E-state index in [1.165, 1.54) is 26.0 Å². The summed E-state index contributed by atoms with van der Waals surface area (Å²) < 4.78 is 26.9. The Morgan fingerprint density at radius 2 is 1.19 bits per heavy atom. The molecule has 0 N–H and O–H groups in total. The van der Waals surface area contributed by atoms with E-state index in [4.69, 9.17) is 0 Å². The van der Waals surface area contributed by atoms with E-state index in [2.05, 4.69) is 0 Å². The first-order valence-corrected chi connectivity index (χ1v) is 7.55. The molecule has 0 aliphatic rings. The van der Waals surface area contributed by atoms with Gasteiger partial charge in [-0.1, -0.05) is 26.0 Å². The molecule has 0 radical (unpaired) electrons. The van der Waals surface area contributed by atoms with Gasteiger partial charge >= 0.3 is 11.4 Å². The van der Waals surface area contributed by atoms with Crippen LogP contribution in [0.5, 0.6) is 0 Å². The molecule has 136 valence electrons. The van der Waals surface area contributed by atoms with Gasteiger partial charge < -0.3 is 0 Å². The number of carbonyl (C=O) groups is 1. The Kier molecular flexibility index (Phi) is 5.39. The minimum absolute atomic E-state index is 0.242. The van der Waals surface area contributed by atoms with Crippen LogP contribution < -0.4 is 0 Å². The van der Waals surface area contributed by atoms with Crippen molar-refractivity contribution in [1.82, 2.24) is 0 Å². The molecule has 0 spiro atoms. The highest BCUT2D eigenvalue weighted by molar-refractivity contribution is 5.91. The second-order valence-electron chi connectivity index (χ2n) is 5.78. The fourth-order valence-electron chi connectivity index (χ4n) is 2.58. The number of hydrogen-bond acceptors (Lipinski definition) is 5. The van der Waals surface area contributed by atoms with Crippen LogP contribution in [0.25, 0.3) is 0 Å². The summed E-state index contributed by atoms with van der Waals surface area (Å²) in [4.78, 5) is 32.5. The van der Waals surface area contributed by atoms with Gasteiger partial charge in [0.05, 0.1) is 9.85 Å². The lowest BCUT2D eigenvalue weighted by Crippen LogP contribution is -2.17. The molecule has 7 nitrogen and oxygen atoms in total. The van der Waals surface area contributed by atoms with E-state index in [-0.39, 0.29) is 11.1 Å². The number of rotatable bonds is 6. The maximum atomic E-state index is 13.4. The Labute approximate surface area is 146 Å². The van der Waals surface area contributed by atoms with Gasteiger partial charge in [-0.25, -0.2) is 0 Å². The van der Waals surface area contributed by atoms with Gasteiger partial charge in [0.1, 0.15) is 5.78 Å². The molecule has 2 atom stereocenters. The smallest absolute Gasteiger partial charge is 0.298 e. The monoisotopic (exact) mass is 364 g/mol. The maximum absolute atomic E-state index is 13.4. The summed E-state index contributed by atoms with van der Waals surface area (Å²) in [7, 11) is 0. The predicted octanol–water partition coefficient (Wildman–Crippen LogP) is 4.26. The molecule has 0 saturated heterocycles. The number of nitro groups is 2. The molecule has 2 aromatic carbocycles. The Balaban J connectivity index is 2.33. The highest BCUT2D eigenvalue weighted by Gasteiger charge is 2.27. The molecular weight excluding hydrogens is 350 g/mol. The standard InChI is InChI=1S/C17H14F2N2O5/c1-9(11-3-5-13(18)15(7-11)20(23)24)17(22)10(2)12-4-6-14(19)16(8-12)21(25)26/h3-10H,1-2H3. The molecular formula is C17H14F2N2O5. The molecule has 0 aliphatic carbocycles. The zero-order valence-corrected chi connectivity index (χ0v) is 13.8. The van der Waals surface area contributed by atoms with Crippen LogP contribution in [0.2, 0.25) is 0 Å². The van der Waals surface area contributed by atoms with Crippen molar-refractivity contribution in [3.8, 4) is 0 Å². The zero-order valence-electron chi connectivity index (χ0n) is 13.8. The van der Waals surface area contributed by atoms with Gasteiger partial charge in [-0.2, -0.15) is 8.78 Å². The lowest BCUT2D eigenvalue weighted by molar-refractivity contribution is -0.387. The first kappa shape index (κ1) is 19.1. The van der Waals surface area contributed by atoms with E-state index in [0.717, 1.165) is 24.3 Å². The summed E-state index contributed by atoms with van der Waals surface area (Å²) in [6, 6.07) is 6.32. The molecule has 0 aromatic heterocycles. The fourth-order valence-corrected chi connectivity index (χ4v) is 2.58. The van der Waals surface area contributed by atoms with Crippen LogP contribution in [0, 0.1) is 31.9 Å². The van der Waals surface area contributed by atoms with Gasteiger partial charge in [-0.05, 0) is 23.3 Å². The third kappa shape index (κ3) is 3.71. The van der Waals surface area contributed by atoms with Crippen molar-refractivity contribution in [3.05, 3.63) is 79.4 Å². The van der Waals surface area contributed by atoms with E-state index in [1.54, 1.807) is 0 Å². The maximum Gasteiger partial charge on any atom is 0.305 e. The Morgan fingerprint density at radius 1 is 0.846 bits per heavy atom.